The SMILES string of the molecule is O=Cc1cccc(OCC(O)CN2C(=O)c3ccccc3C2=O)c1. The van der Waals surface area contributed by atoms with Gasteiger partial charge in [-0.15, -0.1) is 0 Å². The van der Waals surface area contributed by atoms with Crippen LogP contribution in [-0.4, -0.2) is 47.4 Å². The summed E-state index contributed by atoms with van der Waals surface area (Å²) in [5, 5.41) is 10.1. The first-order valence-electron chi connectivity index (χ1n) is 7.41. The molecule has 0 fully saturated rings. The maximum absolute atomic E-state index is 12.2. The molecule has 0 aromatic heterocycles. The van der Waals surface area contributed by atoms with Crippen LogP contribution in [0.15, 0.2) is 48.5 Å². The Balaban J connectivity index is 1.61. The smallest absolute Gasteiger partial charge is 0.261 e. The number of hydrogen-bond acceptors (Lipinski definition) is 5. The zero-order valence-electron chi connectivity index (χ0n) is 12.7. The van der Waals surface area contributed by atoms with Crippen LogP contribution in [0.4, 0.5) is 0 Å². The normalized spacial score (nSPS) is 14.5. The standard InChI is InChI=1S/C18H15NO5/c20-10-12-4-3-5-14(8-12)24-11-13(21)9-19-17(22)15-6-1-2-7-16(15)18(19)23/h1-8,10,13,21H,9,11H2. The highest BCUT2D eigenvalue weighted by molar-refractivity contribution is 6.21. The molecule has 0 radical (unpaired) electrons. The number of carbonyl (C=O) groups is 3. The summed E-state index contributed by atoms with van der Waals surface area (Å²) in [6.45, 7) is -0.255. The fourth-order valence-corrected chi connectivity index (χ4v) is 2.54. The number of imide groups is 1. The molecule has 0 bridgehead atoms. The van der Waals surface area contributed by atoms with Crippen molar-refractivity contribution < 1.29 is 24.2 Å². The van der Waals surface area contributed by atoms with Crippen molar-refractivity contribution in [1.82, 2.24) is 4.90 Å². The number of aliphatic hydroxyl groups is 1. The Kier molecular flexibility index (Phi) is 4.39. The van der Waals surface area contributed by atoms with Crippen molar-refractivity contribution in [2.45, 2.75) is 6.10 Å². The summed E-state index contributed by atoms with van der Waals surface area (Å²) < 4.78 is 5.41. The van der Waals surface area contributed by atoms with E-state index >= 15 is 0 Å². The maximum atomic E-state index is 12.2. The molecule has 6 heteroatoms. The van der Waals surface area contributed by atoms with Crippen LogP contribution >= 0.6 is 0 Å². The number of nitrogens with zero attached hydrogens (tertiary/aromatic N) is 1. The molecule has 1 unspecified atom stereocenters. The molecular formula is C18H15NO5. The molecule has 2 aromatic carbocycles. The first kappa shape index (κ1) is 15.9. The second-order valence-corrected chi connectivity index (χ2v) is 5.42. The zero-order chi connectivity index (χ0) is 17.1. The van der Waals surface area contributed by atoms with Gasteiger partial charge in [-0.05, 0) is 24.3 Å². The number of ether oxygens (including phenoxy) is 1. The summed E-state index contributed by atoms with van der Waals surface area (Å²) in [6.07, 6.45) is -0.339. The largest absolute Gasteiger partial charge is 0.491 e. The van der Waals surface area contributed by atoms with Crippen molar-refractivity contribution in [3.63, 3.8) is 0 Å². The third kappa shape index (κ3) is 3.04. The highest BCUT2D eigenvalue weighted by Gasteiger charge is 2.36. The first-order valence-corrected chi connectivity index (χ1v) is 7.41. The predicted octanol–water partition coefficient (Wildman–Crippen LogP) is 1.53. The molecule has 2 aromatic rings. The monoisotopic (exact) mass is 325 g/mol. The fourth-order valence-electron chi connectivity index (χ4n) is 2.54. The van der Waals surface area contributed by atoms with Crippen molar-refractivity contribution in [1.29, 1.82) is 0 Å². The van der Waals surface area contributed by atoms with Crippen LogP contribution in [0, 0.1) is 0 Å². The Morgan fingerprint density at radius 3 is 2.33 bits per heavy atom. The molecule has 1 aliphatic rings. The molecule has 3 rings (SSSR count). The van der Waals surface area contributed by atoms with Gasteiger partial charge in [-0.25, -0.2) is 0 Å². The third-order valence-electron chi connectivity index (χ3n) is 3.71. The minimum Gasteiger partial charge on any atom is -0.491 e. The van der Waals surface area contributed by atoms with E-state index in [1.165, 1.54) is 0 Å². The van der Waals surface area contributed by atoms with Crippen LogP contribution in [0.3, 0.4) is 0 Å². The average Bonchev–Trinajstić information content (AvgIpc) is 2.85. The number of aliphatic hydroxyl groups excluding tert-OH is 1. The lowest BCUT2D eigenvalue weighted by Crippen LogP contribution is -2.39. The number of β-amino-alcohol motifs (C(OH)–C–C–N with tert-alkyl or cyclic N) is 1. The molecule has 2 amide bonds. The lowest BCUT2D eigenvalue weighted by molar-refractivity contribution is 0.0456. The highest BCUT2D eigenvalue weighted by atomic mass is 16.5. The van der Waals surface area contributed by atoms with E-state index in [1.54, 1.807) is 48.5 Å². The average molecular weight is 325 g/mol. The second kappa shape index (κ2) is 6.64. The number of hydrogen-bond donors (Lipinski definition) is 1. The van der Waals surface area contributed by atoms with E-state index in [0.717, 1.165) is 4.90 Å². The lowest BCUT2D eigenvalue weighted by Gasteiger charge is -2.19. The molecule has 6 nitrogen and oxygen atoms in total. The van der Waals surface area contributed by atoms with E-state index in [0.29, 0.717) is 28.7 Å². The molecule has 0 aliphatic carbocycles. The van der Waals surface area contributed by atoms with Gasteiger partial charge in [0.2, 0.25) is 0 Å². The van der Waals surface area contributed by atoms with Gasteiger partial charge in [-0.1, -0.05) is 24.3 Å². The number of rotatable bonds is 6. The molecule has 1 heterocycles. The van der Waals surface area contributed by atoms with Gasteiger partial charge in [-0.3, -0.25) is 19.3 Å². The summed E-state index contributed by atoms with van der Waals surface area (Å²) >= 11 is 0. The third-order valence-corrected chi connectivity index (χ3v) is 3.71. The minimum atomic E-state index is -1.04. The fraction of sp³-hybridized carbons (Fsp3) is 0.167. The summed E-state index contributed by atoms with van der Waals surface area (Å²) in [7, 11) is 0. The van der Waals surface area contributed by atoms with Crippen LogP contribution in [0.5, 0.6) is 5.75 Å². The molecule has 0 saturated carbocycles. The second-order valence-electron chi connectivity index (χ2n) is 5.42. The summed E-state index contributed by atoms with van der Waals surface area (Å²) in [6, 6.07) is 13.0. The lowest BCUT2D eigenvalue weighted by atomic mass is 10.1. The van der Waals surface area contributed by atoms with E-state index in [9.17, 15) is 19.5 Å². The van der Waals surface area contributed by atoms with Gasteiger partial charge >= 0.3 is 0 Å². The van der Waals surface area contributed by atoms with E-state index in [1.807, 2.05) is 0 Å². The predicted molar refractivity (Wildman–Crippen MR) is 85.1 cm³/mol. The molecule has 24 heavy (non-hydrogen) atoms. The summed E-state index contributed by atoms with van der Waals surface area (Å²) in [5.74, 6) is -0.406. The topological polar surface area (TPSA) is 83.9 Å². The van der Waals surface area contributed by atoms with Crippen molar-refractivity contribution in [3.05, 3.63) is 65.2 Å². The van der Waals surface area contributed by atoms with Gasteiger partial charge in [0.25, 0.3) is 11.8 Å². The molecule has 122 valence electrons. The number of carbonyl (C=O) groups excluding carboxylic acids is 3. The van der Waals surface area contributed by atoms with Gasteiger partial charge in [0.15, 0.2) is 0 Å². The molecule has 1 N–H and O–H groups in total. The summed E-state index contributed by atoms with van der Waals surface area (Å²) in [4.78, 5) is 36.2. The quantitative estimate of drug-likeness (QED) is 0.643. The Labute approximate surface area is 138 Å². The minimum absolute atomic E-state index is 0.101. The first-order chi connectivity index (χ1) is 11.6. The van der Waals surface area contributed by atoms with Crippen LogP contribution in [0.1, 0.15) is 31.1 Å². The van der Waals surface area contributed by atoms with Crippen molar-refractivity contribution >= 4 is 18.1 Å². The van der Waals surface area contributed by atoms with E-state index in [2.05, 4.69) is 0 Å². The Morgan fingerprint density at radius 1 is 1.04 bits per heavy atom. The molecule has 1 atom stereocenters. The van der Waals surface area contributed by atoms with Crippen LogP contribution in [-0.2, 0) is 0 Å². The van der Waals surface area contributed by atoms with Gasteiger partial charge < -0.3 is 9.84 Å². The Hall–Kier alpha value is -2.99. The molecule has 1 aliphatic heterocycles. The zero-order valence-corrected chi connectivity index (χ0v) is 12.7. The molecule has 0 spiro atoms. The van der Waals surface area contributed by atoms with E-state index in [-0.39, 0.29) is 13.2 Å². The van der Waals surface area contributed by atoms with Gasteiger partial charge in [-0.2, -0.15) is 0 Å². The van der Waals surface area contributed by atoms with E-state index < -0.39 is 17.9 Å². The van der Waals surface area contributed by atoms with Gasteiger partial charge in [0, 0.05) is 5.56 Å². The molecular weight excluding hydrogens is 310 g/mol. The number of amides is 2. The van der Waals surface area contributed by atoms with Crippen LogP contribution < -0.4 is 4.74 Å². The number of fused-ring (bicyclic) bond motifs is 1. The van der Waals surface area contributed by atoms with Crippen molar-refractivity contribution in [3.8, 4) is 5.75 Å². The molecule has 0 saturated heterocycles. The summed E-state index contributed by atoms with van der Waals surface area (Å²) in [5.41, 5.74) is 1.14. The van der Waals surface area contributed by atoms with Crippen molar-refractivity contribution in [2.24, 2.45) is 0 Å². The van der Waals surface area contributed by atoms with Gasteiger partial charge in [0.1, 0.15) is 24.7 Å². The van der Waals surface area contributed by atoms with Crippen LogP contribution in [0.2, 0.25) is 0 Å². The number of benzene rings is 2. The van der Waals surface area contributed by atoms with E-state index in [4.69, 9.17) is 4.74 Å². The van der Waals surface area contributed by atoms with Crippen LogP contribution in [0.25, 0.3) is 0 Å². The van der Waals surface area contributed by atoms with Crippen molar-refractivity contribution in [2.75, 3.05) is 13.2 Å². The number of aldehydes is 1. The maximum Gasteiger partial charge on any atom is 0.261 e. The Bertz CT molecular complexity index is 767. The highest BCUT2D eigenvalue weighted by Crippen LogP contribution is 2.22. The van der Waals surface area contributed by atoms with Gasteiger partial charge in [0.05, 0.1) is 17.7 Å². The Morgan fingerprint density at radius 2 is 1.71 bits per heavy atom.